The molecule has 1 aromatic rings. The van der Waals surface area contributed by atoms with E-state index in [9.17, 15) is 4.79 Å². The number of carbonyl (C=O) groups excluding carboxylic acids is 1. The first-order valence-corrected chi connectivity index (χ1v) is 6.45. The lowest BCUT2D eigenvalue weighted by atomic mass is 10.1. The summed E-state index contributed by atoms with van der Waals surface area (Å²) < 4.78 is 0. The van der Waals surface area contributed by atoms with Crippen LogP contribution in [0.25, 0.3) is 0 Å². The quantitative estimate of drug-likeness (QED) is 0.842. The number of piperazine rings is 1. The van der Waals surface area contributed by atoms with E-state index in [1.165, 1.54) is 11.1 Å². The van der Waals surface area contributed by atoms with Crippen LogP contribution >= 0.6 is 0 Å². The second kappa shape index (κ2) is 5.98. The first-order chi connectivity index (χ1) is 8.63. The van der Waals surface area contributed by atoms with E-state index >= 15 is 0 Å². The van der Waals surface area contributed by atoms with Crippen molar-refractivity contribution in [2.45, 2.75) is 13.8 Å². The Morgan fingerprint density at radius 3 is 2.44 bits per heavy atom. The van der Waals surface area contributed by atoms with E-state index in [4.69, 9.17) is 0 Å². The van der Waals surface area contributed by atoms with Crippen LogP contribution in [0.2, 0.25) is 0 Å². The van der Waals surface area contributed by atoms with Crippen LogP contribution in [-0.4, -0.2) is 43.5 Å². The Morgan fingerprint density at radius 1 is 1.22 bits per heavy atom. The number of aryl methyl sites for hydroxylation is 2. The second-order valence-electron chi connectivity index (χ2n) is 4.95. The molecule has 1 heterocycles. The fourth-order valence-electron chi connectivity index (χ4n) is 2.32. The van der Waals surface area contributed by atoms with Crippen molar-refractivity contribution in [3.8, 4) is 0 Å². The summed E-state index contributed by atoms with van der Waals surface area (Å²) in [5.74, 6) is 0.0712. The number of carbonyl (C=O) groups is 1. The van der Waals surface area contributed by atoms with Crippen molar-refractivity contribution in [3.05, 3.63) is 29.3 Å². The number of benzene rings is 1. The van der Waals surface area contributed by atoms with Gasteiger partial charge in [-0.05, 0) is 37.1 Å². The fourth-order valence-corrected chi connectivity index (χ4v) is 2.32. The molecular weight excluding hydrogens is 226 g/mol. The van der Waals surface area contributed by atoms with Crippen molar-refractivity contribution >= 4 is 11.6 Å². The Bertz CT molecular complexity index is 405. The van der Waals surface area contributed by atoms with Gasteiger partial charge >= 0.3 is 0 Å². The van der Waals surface area contributed by atoms with Crippen molar-refractivity contribution in [2.75, 3.05) is 38.0 Å². The molecule has 0 aromatic heterocycles. The Morgan fingerprint density at radius 2 is 1.83 bits per heavy atom. The van der Waals surface area contributed by atoms with E-state index in [1.807, 2.05) is 26.0 Å². The van der Waals surface area contributed by atoms with Gasteiger partial charge in [0, 0.05) is 31.9 Å². The van der Waals surface area contributed by atoms with Gasteiger partial charge in [0.25, 0.3) is 0 Å². The van der Waals surface area contributed by atoms with Crippen LogP contribution in [0, 0.1) is 13.8 Å². The van der Waals surface area contributed by atoms with Crippen LogP contribution < -0.4 is 10.6 Å². The van der Waals surface area contributed by atoms with E-state index in [-0.39, 0.29) is 5.91 Å². The lowest BCUT2D eigenvalue weighted by Crippen LogP contribution is -2.46. The molecule has 1 fully saturated rings. The maximum absolute atomic E-state index is 11.9. The van der Waals surface area contributed by atoms with Gasteiger partial charge in [-0.25, -0.2) is 0 Å². The number of anilines is 1. The molecule has 2 N–H and O–H groups in total. The molecule has 0 atom stereocenters. The van der Waals surface area contributed by atoms with Crippen molar-refractivity contribution in [2.24, 2.45) is 0 Å². The van der Waals surface area contributed by atoms with Gasteiger partial charge in [-0.15, -0.1) is 0 Å². The standard InChI is InChI=1S/C14H21N3O/c1-11-7-12(2)9-13(8-11)16-14(18)10-17-5-3-15-4-6-17/h7-9,15H,3-6,10H2,1-2H3,(H,16,18). The molecular formula is C14H21N3O. The van der Waals surface area contributed by atoms with Crippen LogP contribution in [-0.2, 0) is 4.79 Å². The number of hydrogen-bond donors (Lipinski definition) is 2. The maximum Gasteiger partial charge on any atom is 0.238 e. The molecule has 0 unspecified atom stereocenters. The third-order valence-corrected chi connectivity index (χ3v) is 3.08. The smallest absolute Gasteiger partial charge is 0.238 e. The fraction of sp³-hybridized carbons (Fsp3) is 0.500. The van der Waals surface area contributed by atoms with Crippen molar-refractivity contribution < 1.29 is 4.79 Å². The minimum Gasteiger partial charge on any atom is -0.325 e. The molecule has 1 aliphatic heterocycles. The zero-order chi connectivity index (χ0) is 13.0. The van der Waals surface area contributed by atoms with Crippen LogP contribution in [0.1, 0.15) is 11.1 Å². The molecule has 0 radical (unpaired) electrons. The minimum atomic E-state index is 0.0712. The van der Waals surface area contributed by atoms with E-state index < -0.39 is 0 Å². The summed E-state index contributed by atoms with van der Waals surface area (Å²) in [6, 6.07) is 6.11. The first-order valence-electron chi connectivity index (χ1n) is 6.45. The average molecular weight is 247 g/mol. The Kier molecular flexibility index (Phi) is 4.33. The zero-order valence-electron chi connectivity index (χ0n) is 11.1. The van der Waals surface area contributed by atoms with E-state index in [0.29, 0.717) is 6.54 Å². The predicted octanol–water partition coefficient (Wildman–Crippen LogP) is 1.15. The highest BCUT2D eigenvalue weighted by atomic mass is 16.2. The Labute approximate surface area is 108 Å². The third kappa shape index (κ3) is 3.82. The van der Waals surface area contributed by atoms with Crippen LogP contribution in [0.3, 0.4) is 0 Å². The summed E-state index contributed by atoms with van der Waals surface area (Å²) in [4.78, 5) is 14.1. The van der Waals surface area contributed by atoms with E-state index in [2.05, 4.69) is 21.6 Å². The van der Waals surface area contributed by atoms with Gasteiger partial charge < -0.3 is 10.6 Å². The van der Waals surface area contributed by atoms with Crippen molar-refractivity contribution in [1.82, 2.24) is 10.2 Å². The van der Waals surface area contributed by atoms with Crippen LogP contribution in [0.5, 0.6) is 0 Å². The second-order valence-corrected chi connectivity index (χ2v) is 4.95. The van der Waals surface area contributed by atoms with Gasteiger partial charge in [-0.2, -0.15) is 0 Å². The normalized spacial score (nSPS) is 16.6. The number of hydrogen-bond acceptors (Lipinski definition) is 3. The monoisotopic (exact) mass is 247 g/mol. The third-order valence-electron chi connectivity index (χ3n) is 3.08. The zero-order valence-corrected chi connectivity index (χ0v) is 11.1. The van der Waals surface area contributed by atoms with E-state index in [0.717, 1.165) is 31.9 Å². The molecule has 4 heteroatoms. The molecule has 1 aromatic carbocycles. The number of nitrogens with one attached hydrogen (secondary N) is 2. The Balaban J connectivity index is 1.89. The van der Waals surface area contributed by atoms with Gasteiger partial charge in [0.2, 0.25) is 5.91 Å². The van der Waals surface area contributed by atoms with E-state index in [1.54, 1.807) is 0 Å². The van der Waals surface area contributed by atoms with Gasteiger partial charge in [0.15, 0.2) is 0 Å². The predicted molar refractivity (Wildman–Crippen MR) is 73.9 cm³/mol. The van der Waals surface area contributed by atoms with Crippen LogP contribution in [0.15, 0.2) is 18.2 Å². The summed E-state index contributed by atoms with van der Waals surface area (Å²) >= 11 is 0. The summed E-state index contributed by atoms with van der Waals surface area (Å²) in [6.07, 6.45) is 0. The van der Waals surface area contributed by atoms with Crippen molar-refractivity contribution in [3.63, 3.8) is 0 Å². The first kappa shape index (κ1) is 13.1. The summed E-state index contributed by atoms with van der Waals surface area (Å²) in [7, 11) is 0. The van der Waals surface area contributed by atoms with Gasteiger partial charge in [-0.1, -0.05) is 6.07 Å². The van der Waals surface area contributed by atoms with Crippen molar-refractivity contribution in [1.29, 1.82) is 0 Å². The summed E-state index contributed by atoms with van der Waals surface area (Å²) in [5, 5.41) is 6.25. The highest BCUT2D eigenvalue weighted by molar-refractivity contribution is 5.92. The van der Waals surface area contributed by atoms with Gasteiger partial charge in [-0.3, -0.25) is 9.69 Å². The topological polar surface area (TPSA) is 44.4 Å². The molecule has 2 rings (SSSR count). The summed E-state index contributed by atoms with van der Waals surface area (Å²) in [6.45, 7) is 8.39. The Hall–Kier alpha value is -1.39. The number of amides is 1. The SMILES string of the molecule is Cc1cc(C)cc(NC(=O)CN2CCNCC2)c1. The molecule has 1 amide bonds. The molecule has 98 valence electrons. The molecule has 0 spiro atoms. The lowest BCUT2D eigenvalue weighted by molar-refractivity contribution is -0.117. The highest BCUT2D eigenvalue weighted by Gasteiger charge is 2.13. The molecule has 1 saturated heterocycles. The number of rotatable bonds is 3. The summed E-state index contributed by atoms with van der Waals surface area (Å²) in [5.41, 5.74) is 3.24. The molecule has 4 nitrogen and oxygen atoms in total. The number of nitrogens with zero attached hydrogens (tertiary/aromatic N) is 1. The maximum atomic E-state index is 11.9. The minimum absolute atomic E-state index is 0.0712. The molecule has 0 bridgehead atoms. The average Bonchev–Trinajstić information content (AvgIpc) is 2.28. The molecule has 18 heavy (non-hydrogen) atoms. The molecule has 0 saturated carbocycles. The van der Waals surface area contributed by atoms with Crippen LogP contribution in [0.4, 0.5) is 5.69 Å². The highest BCUT2D eigenvalue weighted by Crippen LogP contribution is 2.13. The lowest BCUT2D eigenvalue weighted by Gasteiger charge is -2.26. The molecule has 0 aliphatic carbocycles. The van der Waals surface area contributed by atoms with Gasteiger partial charge in [0.1, 0.15) is 0 Å². The largest absolute Gasteiger partial charge is 0.325 e. The van der Waals surface area contributed by atoms with Gasteiger partial charge in [0.05, 0.1) is 6.54 Å². The molecule has 1 aliphatic rings.